The minimum Gasteiger partial charge on any atom is -0.454 e. The van der Waals surface area contributed by atoms with Crippen LogP contribution in [0, 0.1) is 17.6 Å². The highest BCUT2D eigenvalue weighted by atomic mass is 32.2. The molecule has 0 radical (unpaired) electrons. The van der Waals surface area contributed by atoms with Crippen molar-refractivity contribution in [2.75, 3.05) is 22.3 Å². The zero-order valence-corrected chi connectivity index (χ0v) is 19.6. The van der Waals surface area contributed by atoms with Gasteiger partial charge in [0.25, 0.3) is 5.56 Å². The summed E-state index contributed by atoms with van der Waals surface area (Å²) in [7, 11) is -1.96. The van der Waals surface area contributed by atoms with Crippen LogP contribution in [-0.4, -0.2) is 25.3 Å². The van der Waals surface area contributed by atoms with Gasteiger partial charge in [0.2, 0.25) is 10.0 Å². The fourth-order valence-corrected chi connectivity index (χ4v) is 4.02. The summed E-state index contributed by atoms with van der Waals surface area (Å²) in [6, 6.07) is 8.99. The van der Waals surface area contributed by atoms with E-state index in [-0.39, 0.29) is 28.5 Å². The minimum absolute atomic E-state index is 0.116. The van der Waals surface area contributed by atoms with E-state index < -0.39 is 21.7 Å². The molecule has 7 nitrogen and oxygen atoms in total. The first kappa shape index (κ1) is 23.7. The molecule has 0 amide bonds. The molecule has 1 saturated carbocycles. The molecule has 1 aromatic heterocycles. The van der Waals surface area contributed by atoms with Crippen LogP contribution < -0.4 is 20.3 Å². The van der Waals surface area contributed by atoms with Crippen LogP contribution in [-0.2, 0) is 17.1 Å². The van der Waals surface area contributed by atoms with E-state index in [1.54, 1.807) is 19.3 Å². The van der Waals surface area contributed by atoms with E-state index in [1.807, 2.05) is 0 Å². The Morgan fingerprint density at radius 2 is 1.79 bits per heavy atom. The first-order valence-corrected chi connectivity index (χ1v) is 12.5. The van der Waals surface area contributed by atoms with Gasteiger partial charge in [-0.1, -0.05) is 0 Å². The number of ether oxygens (including phenoxy) is 1. The summed E-state index contributed by atoms with van der Waals surface area (Å²) in [4.78, 5) is 12.3. The molecular weight excluding hydrogens is 464 g/mol. The lowest BCUT2D eigenvalue weighted by Crippen LogP contribution is -2.18. The van der Waals surface area contributed by atoms with E-state index in [9.17, 15) is 22.0 Å². The van der Waals surface area contributed by atoms with Crippen molar-refractivity contribution in [1.29, 1.82) is 0 Å². The number of aromatic nitrogens is 1. The van der Waals surface area contributed by atoms with Crippen molar-refractivity contribution >= 4 is 21.4 Å². The largest absolute Gasteiger partial charge is 0.454 e. The van der Waals surface area contributed by atoms with E-state index in [1.165, 1.54) is 35.8 Å². The van der Waals surface area contributed by atoms with Gasteiger partial charge in [-0.25, -0.2) is 17.2 Å². The number of rotatable bonds is 9. The lowest BCUT2D eigenvalue weighted by atomic mass is 10.0. The van der Waals surface area contributed by atoms with Crippen molar-refractivity contribution in [3.63, 3.8) is 0 Å². The molecule has 1 aliphatic rings. The molecule has 1 heterocycles. The topological polar surface area (TPSA) is 89.4 Å². The molecule has 0 atom stereocenters. The van der Waals surface area contributed by atoms with Gasteiger partial charge in [0.05, 0.1) is 5.75 Å². The molecule has 180 valence electrons. The number of halogens is 2. The highest BCUT2D eigenvalue weighted by molar-refractivity contribution is 7.92. The molecule has 2 aromatic carbocycles. The molecule has 34 heavy (non-hydrogen) atoms. The van der Waals surface area contributed by atoms with Gasteiger partial charge in [0.15, 0.2) is 11.6 Å². The van der Waals surface area contributed by atoms with E-state index in [0.717, 1.165) is 18.9 Å². The van der Waals surface area contributed by atoms with E-state index in [2.05, 4.69) is 10.0 Å². The fraction of sp³-hybridized carbons (Fsp3) is 0.292. The predicted octanol–water partition coefficient (Wildman–Crippen LogP) is 4.71. The molecule has 0 bridgehead atoms. The van der Waals surface area contributed by atoms with Gasteiger partial charge < -0.3 is 14.6 Å². The lowest BCUT2D eigenvalue weighted by molar-refractivity contribution is 0.439. The second-order valence-electron chi connectivity index (χ2n) is 8.27. The Hall–Kier alpha value is -3.40. The highest BCUT2D eigenvalue weighted by Crippen LogP contribution is 2.40. The number of pyridine rings is 1. The predicted molar refractivity (Wildman–Crippen MR) is 128 cm³/mol. The third-order valence-electron chi connectivity index (χ3n) is 5.54. The van der Waals surface area contributed by atoms with Crippen LogP contribution in [0.5, 0.6) is 11.5 Å². The van der Waals surface area contributed by atoms with Crippen molar-refractivity contribution in [2.24, 2.45) is 13.0 Å². The van der Waals surface area contributed by atoms with Crippen LogP contribution in [0.3, 0.4) is 0 Å². The fourth-order valence-electron chi connectivity index (χ4n) is 3.39. The number of aryl methyl sites for hydroxylation is 1. The maximum Gasteiger partial charge on any atom is 0.252 e. The van der Waals surface area contributed by atoms with Gasteiger partial charge in [0, 0.05) is 54.4 Å². The average Bonchev–Trinajstić information content (AvgIpc) is 3.61. The maximum atomic E-state index is 14.3. The molecule has 2 N–H and O–H groups in total. The van der Waals surface area contributed by atoms with Gasteiger partial charge in [0.1, 0.15) is 11.6 Å². The lowest BCUT2D eigenvalue weighted by Gasteiger charge is -2.18. The van der Waals surface area contributed by atoms with Crippen LogP contribution >= 0.6 is 0 Å². The SMILES string of the molecule is CCS(=O)(=O)Nc1ccc(Oc2ccc(F)cc2F)c(-c2cn(C)c(=O)cc2NCC2CC2)c1. The Bertz CT molecular complexity index is 1390. The molecular formula is C24H25F2N3O4S. The Morgan fingerprint density at radius 1 is 1.06 bits per heavy atom. The van der Waals surface area contributed by atoms with E-state index >= 15 is 0 Å². The molecule has 0 unspecified atom stereocenters. The van der Waals surface area contributed by atoms with Crippen LogP contribution in [0.1, 0.15) is 19.8 Å². The smallest absolute Gasteiger partial charge is 0.252 e. The summed E-state index contributed by atoms with van der Waals surface area (Å²) < 4.78 is 61.6. The minimum atomic E-state index is -3.56. The Labute approximate surface area is 196 Å². The molecule has 0 saturated heterocycles. The number of sulfonamides is 1. The normalized spacial score (nSPS) is 13.5. The van der Waals surface area contributed by atoms with Crippen LogP contribution in [0.2, 0.25) is 0 Å². The molecule has 1 aliphatic carbocycles. The Balaban J connectivity index is 1.83. The number of hydrogen-bond donors (Lipinski definition) is 2. The number of hydrogen-bond acceptors (Lipinski definition) is 5. The quantitative estimate of drug-likeness (QED) is 0.455. The summed E-state index contributed by atoms with van der Waals surface area (Å²) in [5.74, 6) is -1.19. The van der Waals surface area contributed by atoms with Crippen molar-refractivity contribution in [3.05, 3.63) is 70.6 Å². The summed E-state index contributed by atoms with van der Waals surface area (Å²) >= 11 is 0. The number of nitrogens with zero attached hydrogens (tertiary/aromatic N) is 1. The number of benzene rings is 2. The third-order valence-corrected chi connectivity index (χ3v) is 6.85. The second-order valence-corrected chi connectivity index (χ2v) is 10.3. The molecule has 0 spiro atoms. The first-order chi connectivity index (χ1) is 16.1. The molecule has 4 rings (SSSR count). The van der Waals surface area contributed by atoms with Gasteiger partial charge >= 0.3 is 0 Å². The van der Waals surface area contributed by atoms with Crippen LogP contribution in [0.4, 0.5) is 20.2 Å². The molecule has 1 fully saturated rings. The molecule has 3 aromatic rings. The maximum absolute atomic E-state index is 14.3. The molecule has 10 heteroatoms. The average molecular weight is 490 g/mol. The summed E-state index contributed by atoms with van der Waals surface area (Å²) in [6.45, 7) is 2.20. The summed E-state index contributed by atoms with van der Waals surface area (Å²) in [6.07, 6.45) is 3.83. The van der Waals surface area contributed by atoms with Gasteiger partial charge in [-0.3, -0.25) is 9.52 Å². The Morgan fingerprint density at radius 3 is 2.47 bits per heavy atom. The second kappa shape index (κ2) is 9.46. The van der Waals surface area contributed by atoms with E-state index in [4.69, 9.17) is 4.74 Å². The Kier molecular flexibility index (Phi) is 6.60. The first-order valence-electron chi connectivity index (χ1n) is 10.9. The zero-order chi connectivity index (χ0) is 24.5. The van der Waals surface area contributed by atoms with Crippen molar-refractivity contribution in [2.45, 2.75) is 19.8 Å². The van der Waals surface area contributed by atoms with Crippen molar-refractivity contribution < 1.29 is 21.9 Å². The highest BCUT2D eigenvalue weighted by Gasteiger charge is 2.22. The zero-order valence-electron chi connectivity index (χ0n) is 18.8. The standard InChI is InChI=1S/C24H25F2N3O4S/c1-3-34(31,32)28-17-7-9-22(33-23-8-6-16(25)10-20(23)26)18(11-17)19-14-29(2)24(30)12-21(19)27-13-15-4-5-15/h6-12,14-15,27-28H,3-5,13H2,1-2H3. The summed E-state index contributed by atoms with van der Waals surface area (Å²) in [5, 5.41) is 3.30. The van der Waals surface area contributed by atoms with Crippen molar-refractivity contribution in [3.8, 4) is 22.6 Å². The monoisotopic (exact) mass is 489 g/mol. The van der Waals surface area contributed by atoms with Gasteiger partial charge in [-0.05, 0) is 56.0 Å². The number of anilines is 2. The van der Waals surface area contributed by atoms with Crippen molar-refractivity contribution in [1.82, 2.24) is 4.57 Å². The third kappa shape index (κ3) is 5.56. The molecule has 0 aliphatic heterocycles. The van der Waals surface area contributed by atoms with E-state index in [0.29, 0.717) is 35.3 Å². The number of nitrogens with one attached hydrogen (secondary N) is 2. The van der Waals surface area contributed by atoms with Crippen LogP contribution in [0.15, 0.2) is 53.5 Å². The summed E-state index contributed by atoms with van der Waals surface area (Å²) in [5.41, 5.74) is 1.60. The van der Waals surface area contributed by atoms with Gasteiger partial charge in [-0.15, -0.1) is 0 Å². The van der Waals surface area contributed by atoms with Crippen LogP contribution in [0.25, 0.3) is 11.1 Å². The van der Waals surface area contributed by atoms with Gasteiger partial charge in [-0.2, -0.15) is 0 Å².